The molecule has 0 saturated heterocycles. The molecule has 4 heteroatoms. The molecule has 0 heterocycles. The van der Waals surface area contributed by atoms with Crippen LogP contribution in [0.25, 0.3) is 0 Å². The summed E-state index contributed by atoms with van der Waals surface area (Å²) in [6, 6.07) is 0. The second-order valence-corrected chi connectivity index (χ2v) is 5.08. The van der Waals surface area contributed by atoms with Gasteiger partial charge in [-0.1, -0.05) is 6.08 Å². The van der Waals surface area contributed by atoms with Gasteiger partial charge in [0.2, 0.25) is 0 Å². The van der Waals surface area contributed by atoms with Crippen LogP contribution in [0.3, 0.4) is 0 Å². The molecule has 0 radical (unpaired) electrons. The lowest BCUT2D eigenvalue weighted by molar-refractivity contribution is -0.155. The molecule has 102 valence electrons. The topological polar surface area (TPSA) is 52.6 Å². The summed E-state index contributed by atoms with van der Waals surface area (Å²) in [6.07, 6.45) is 3.83. The van der Waals surface area contributed by atoms with E-state index in [1.165, 1.54) is 0 Å². The summed E-state index contributed by atoms with van der Waals surface area (Å²) in [5, 5.41) is 0. The van der Waals surface area contributed by atoms with E-state index in [-0.39, 0.29) is 18.2 Å². The molecule has 0 amide bonds. The Morgan fingerprint density at radius 3 is 2.33 bits per heavy atom. The van der Waals surface area contributed by atoms with Gasteiger partial charge >= 0.3 is 11.9 Å². The van der Waals surface area contributed by atoms with Gasteiger partial charge < -0.3 is 9.47 Å². The minimum absolute atomic E-state index is 0.165. The molecular formula is C14H22O4. The van der Waals surface area contributed by atoms with Crippen molar-refractivity contribution in [1.29, 1.82) is 0 Å². The van der Waals surface area contributed by atoms with E-state index >= 15 is 0 Å². The van der Waals surface area contributed by atoms with Crippen LogP contribution in [0, 0.1) is 5.92 Å². The quantitative estimate of drug-likeness (QED) is 0.724. The average molecular weight is 254 g/mol. The van der Waals surface area contributed by atoms with Crippen LogP contribution in [-0.4, -0.2) is 24.1 Å². The van der Waals surface area contributed by atoms with Gasteiger partial charge in [0.15, 0.2) is 0 Å². The zero-order valence-corrected chi connectivity index (χ0v) is 11.6. The minimum Gasteiger partial charge on any atom is -0.463 e. The van der Waals surface area contributed by atoms with Crippen molar-refractivity contribution in [3.63, 3.8) is 0 Å². The van der Waals surface area contributed by atoms with Crippen molar-refractivity contribution >= 4 is 11.9 Å². The Labute approximate surface area is 108 Å². The van der Waals surface area contributed by atoms with Crippen LogP contribution in [0.2, 0.25) is 0 Å². The smallest absolute Gasteiger partial charge is 0.334 e. The molecule has 1 rings (SSSR count). The molecule has 18 heavy (non-hydrogen) atoms. The van der Waals surface area contributed by atoms with Gasteiger partial charge in [-0.05, 0) is 47.0 Å². The zero-order valence-electron chi connectivity index (χ0n) is 11.6. The van der Waals surface area contributed by atoms with Crippen LogP contribution in [-0.2, 0) is 19.1 Å². The lowest BCUT2D eigenvalue weighted by atomic mass is 9.87. The average Bonchev–Trinajstić information content (AvgIpc) is 2.27. The second kappa shape index (κ2) is 6.57. The van der Waals surface area contributed by atoms with Gasteiger partial charge in [0.1, 0.15) is 0 Å². The van der Waals surface area contributed by atoms with E-state index in [0.29, 0.717) is 12.0 Å². The van der Waals surface area contributed by atoms with Gasteiger partial charge in [-0.3, -0.25) is 4.79 Å². The fraction of sp³-hybridized carbons (Fsp3) is 0.714. The Kier molecular flexibility index (Phi) is 5.38. The Bertz CT molecular complexity index is 342. The largest absolute Gasteiger partial charge is 0.463 e. The van der Waals surface area contributed by atoms with Gasteiger partial charge in [-0.25, -0.2) is 4.79 Å². The standard InChI is InChI=1S/C14H22O4/c1-9(2)17-13(15)11-7-5-6-8-12(11)14(16)18-10(3)4/h7,9-10,12H,5-6,8H2,1-4H3. The molecule has 0 fully saturated rings. The first-order valence-electron chi connectivity index (χ1n) is 6.53. The van der Waals surface area contributed by atoms with Crippen LogP contribution in [0.5, 0.6) is 0 Å². The number of esters is 2. The molecule has 0 N–H and O–H groups in total. The highest BCUT2D eigenvalue weighted by Gasteiger charge is 2.32. The summed E-state index contributed by atoms with van der Waals surface area (Å²) in [5.41, 5.74) is 0.459. The second-order valence-electron chi connectivity index (χ2n) is 5.08. The first-order valence-corrected chi connectivity index (χ1v) is 6.53. The molecule has 4 nitrogen and oxygen atoms in total. The number of hydrogen-bond donors (Lipinski definition) is 0. The van der Waals surface area contributed by atoms with Crippen molar-refractivity contribution in [2.75, 3.05) is 0 Å². The van der Waals surface area contributed by atoms with E-state index in [4.69, 9.17) is 9.47 Å². The van der Waals surface area contributed by atoms with E-state index in [1.54, 1.807) is 33.8 Å². The van der Waals surface area contributed by atoms with Crippen molar-refractivity contribution in [1.82, 2.24) is 0 Å². The number of allylic oxidation sites excluding steroid dienone is 1. The van der Waals surface area contributed by atoms with E-state index in [1.807, 2.05) is 0 Å². The number of hydrogen-bond acceptors (Lipinski definition) is 4. The van der Waals surface area contributed by atoms with Crippen LogP contribution < -0.4 is 0 Å². The zero-order chi connectivity index (χ0) is 13.7. The lowest BCUT2D eigenvalue weighted by Crippen LogP contribution is -2.29. The molecule has 1 aliphatic carbocycles. The molecule has 0 aromatic carbocycles. The summed E-state index contributed by atoms with van der Waals surface area (Å²) in [6.45, 7) is 7.19. The van der Waals surface area contributed by atoms with Crippen LogP contribution in [0.15, 0.2) is 11.6 Å². The number of rotatable bonds is 4. The summed E-state index contributed by atoms with van der Waals surface area (Å²) < 4.78 is 10.3. The number of ether oxygens (including phenoxy) is 2. The van der Waals surface area contributed by atoms with Gasteiger partial charge in [0.25, 0.3) is 0 Å². The molecule has 0 bridgehead atoms. The van der Waals surface area contributed by atoms with Crippen molar-refractivity contribution < 1.29 is 19.1 Å². The highest BCUT2D eigenvalue weighted by molar-refractivity contribution is 5.95. The highest BCUT2D eigenvalue weighted by Crippen LogP contribution is 2.27. The summed E-state index contributed by atoms with van der Waals surface area (Å²) in [7, 11) is 0. The van der Waals surface area contributed by atoms with E-state index < -0.39 is 11.9 Å². The highest BCUT2D eigenvalue weighted by atomic mass is 16.5. The molecule has 0 aliphatic heterocycles. The van der Waals surface area contributed by atoms with E-state index in [9.17, 15) is 9.59 Å². The summed E-state index contributed by atoms with van der Waals surface area (Å²) in [4.78, 5) is 23.8. The Morgan fingerprint density at radius 1 is 1.17 bits per heavy atom. The lowest BCUT2D eigenvalue weighted by Gasteiger charge is -2.23. The van der Waals surface area contributed by atoms with E-state index in [2.05, 4.69) is 0 Å². The Morgan fingerprint density at radius 2 is 1.78 bits per heavy atom. The van der Waals surface area contributed by atoms with Gasteiger partial charge in [-0.2, -0.15) is 0 Å². The third kappa shape index (κ3) is 4.17. The van der Waals surface area contributed by atoms with Gasteiger partial charge in [0, 0.05) is 5.57 Å². The molecular weight excluding hydrogens is 232 g/mol. The molecule has 1 atom stereocenters. The summed E-state index contributed by atoms with van der Waals surface area (Å²) in [5.74, 6) is -1.18. The SMILES string of the molecule is CC(C)OC(=O)C1=CCCCC1C(=O)OC(C)C. The van der Waals surface area contributed by atoms with Gasteiger partial charge in [-0.15, -0.1) is 0 Å². The maximum Gasteiger partial charge on any atom is 0.334 e. The molecule has 1 aliphatic rings. The molecule has 0 saturated carbocycles. The first-order chi connectivity index (χ1) is 8.41. The molecule has 0 aromatic heterocycles. The van der Waals surface area contributed by atoms with Crippen LogP contribution in [0.1, 0.15) is 47.0 Å². The molecule has 0 spiro atoms. The van der Waals surface area contributed by atoms with Crippen LogP contribution in [0.4, 0.5) is 0 Å². The van der Waals surface area contributed by atoms with Gasteiger partial charge in [0.05, 0.1) is 18.1 Å². The van der Waals surface area contributed by atoms with Crippen LogP contribution >= 0.6 is 0 Å². The third-order valence-corrected chi connectivity index (χ3v) is 2.65. The van der Waals surface area contributed by atoms with Crippen molar-refractivity contribution in [3.8, 4) is 0 Å². The van der Waals surface area contributed by atoms with Crippen molar-refractivity contribution in [2.45, 2.75) is 59.2 Å². The predicted molar refractivity (Wildman–Crippen MR) is 67.9 cm³/mol. The normalized spacial score (nSPS) is 19.7. The Balaban J connectivity index is 2.76. The summed E-state index contributed by atoms with van der Waals surface area (Å²) >= 11 is 0. The fourth-order valence-electron chi connectivity index (χ4n) is 1.94. The number of carbonyl (C=O) groups excluding carboxylic acids is 2. The third-order valence-electron chi connectivity index (χ3n) is 2.65. The maximum absolute atomic E-state index is 11.9. The molecule has 0 aromatic rings. The fourth-order valence-corrected chi connectivity index (χ4v) is 1.94. The first kappa shape index (κ1) is 14.7. The monoisotopic (exact) mass is 254 g/mol. The number of carbonyl (C=O) groups is 2. The maximum atomic E-state index is 11.9. The van der Waals surface area contributed by atoms with E-state index in [0.717, 1.165) is 12.8 Å². The Hall–Kier alpha value is -1.32. The van der Waals surface area contributed by atoms with Crippen molar-refractivity contribution in [2.24, 2.45) is 5.92 Å². The van der Waals surface area contributed by atoms with Crippen molar-refractivity contribution in [3.05, 3.63) is 11.6 Å². The molecule has 1 unspecified atom stereocenters. The predicted octanol–water partition coefficient (Wildman–Crippen LogP) is 2.62. The minimum atomic E-state index is -0.465.